The summed E-state index contributed by atoms with van der Waals surface area (Å²) in [6.45, 7) is 0.971. The second kappa shape index (κ2) is 8.04. The van der Waals surface area contributed by atoms with E-state index in [-0.39, 0.29) is 24.4 Å². The molecule has 0 aliphatic heterocycles. The lowest BCUT2D eigenvalue weighted by atomic mass is 10.0. The summed E-state index contributed by atoms with van der Waals surface area (Å²) >= 11 is 0. The summed E-state index contributed by atoms with van der Waals surface area (Å²) in [5.74, 6) is 0.816. The topological polar surface area (TPSA) is 76.9 Å². The zero-order chi connectivity index (χ0) is 16.8. The number of amides is 1. The lowest BCUT2D eigenvalue weighted by Crippen LogP contribution is -2.29. The van der Waals surface area contributed by atoms with Crippen LogP contribution >= 0.6 is 0 Å². The van der Waals surface area contributed by atoms with Gasteiger partial charge in [0.2, 0.25) is 5.91 Å². The lowest BCUT2D eigenvalue weighted by Gasteiger charge is -2.09. The van der Waals surface area contributed by atoms with E-state index in [1.165, 1.54) is 36.8 Å². The highest BCUT2D eigenvalue weighted by Gasteiger charge is 2.14. The van der Waals surface area contributed by atoms with Gasteiger partial charge in [-0.15, -0.1) is 5.10 Å². The van der Waals surface area contributed by atoms with Crippen molar-refractivity contribution in [1.29, 1.82) is 0 Å². The molecular weight excluding hydrogens is 304 g/mol. The molecule has 0 saturated heterocycles. The van der Waals surface area contributed by atoms with Gasteiger partial charge in [0, 0.05) is 13.0 Å². The minimum Gasteiger partial charge on any atom is -0.356 e. The quantitative estimate of drug-likeness (QED) is 0.791. The Morgan fingerprint density at radius 2 is 2.04 bits per heavy atom. The molecule has 1 amide bonds. The minimum absolute atomic E-state index is 0.0386. The molecule has 1 aromatic carbocycles. The number of nitrogens with zero attached hydrogens (tertiary/aromatic N) is 3. The number of benzene rings is 1. The molecule has 6 heteroatoms. The Morgan fingerprint density at radius 3 is 2.88 bits per heavy atom. The molecule has 0 atom stereocenters. The van der Waals surface area contributed by atoms with Crippen molar-refractivity contribution in [1.82, 2.24) is 20.3 Å². The van der Waals surface area contributed by atoms with Gasteiger partial charge >= 0.3 is 0 Å². The second-order valence-corrected chi connectivity index (χ2v) is 6.53. The van der Waals surface area contributed by atoms with Crippen LogP contribution in [0.2, 0.25) is 0 Å². The molecule has 1 N–H and O–H groups in total. The third-order valence-corrected chi connectivity index (χ3v) is 4.77. The van der Waals surface area contributed by atoms with E-state index in [0.29, 0.717) is 17.4 Å². The molecular formula is C18H24N4O2. The highest BCUT2D eigenvalue weighted by atomic mass is 16.2. The molecule has 1 heterocycles. The Bertz CT molecular complexity index is 750. The van der Waals surface area contributed by atoms with Gasteiger partial charge in [-0.05, 0) is 30.9 Å². The zero-order valence-corrected chi connectivity index (χ0v) is 13.9. The molecule has 1 aliphatic carbocycles. The maximum Gasteiger partial charge on any atom is 0.277 e. The predicted octanol–water partition coefficient (Wildman–Crippen LogP) is 2.27. The van der Waals surface area contributed by atoms with Crippen LogP contribution in [0.5, 0.6) is 0 Å². The van der Waals surface area contributed by atoms with Crippen LogP contribution in [0.1, 0.15) is 44.9 Å². The molecule has 1 aliphatic rings. The first-order valence-electron chi connectivity index (χ1n) is 8.83. The highest BCUT2D eigenvalue weighted by Crippen LogP contribution is 2.28. The van der Waals surface area contributed by atoms with Gasteiger partial charge in [-0.2, -0.15) is 0 Å². The van der Waals surface area contributed by atoms with Gasteiger partial charge in [0.25, 0.3) is 5.56 Å². The lowest BCUT2D eigenvalue weighted by molar-refractivity contribution is -0.121. The van der Waals surface area contributed by atoms with Crippen molar-refractivity contribution in [3.63, 3.8) is 0 Å². The van der Waals surface area contributed by atoms with Crippen molar-refractivity contribution >= 4 is 16.8 Å². The second-order valence-electron chi connectivity index (χ2n) is 6.53. The summed E-state index contributed by atoms with van der Waals surface area (Å²) in [4.78, 5) is 24.2. The van der Waals surface area contributed by atoms with E-state index in [9.17, 15) is 9.59 Å². The monoisotopic (exact) mass is 328 g/mol. The minimum atomic E-state index is -0.199. The first-order valence-corrected chi connectivity index (χ1v) is 8.83. The molecule has 0 spiro atoms. The summed E-state index contributed by atoms with van der Waals surface area (Å²) in [6, 6.07) is 7.10. The Balaban J connectivity index is 1.44. The fourth-order valence-electron chi connectivity index (χ4n) is 3.38. The van der Waals surface area contributed by atoms with Gasteiger partial charge in [-0.1, -0.05) is 43.0 Å². The first kappa shape index (κ1) is 16.6. The normalized spacial score (nSPS) is 15.0. The SMILES string of the molecule is O=C(CCn1nnc2ccccc2c1=O)NCCCC1CCCC1. The Morgan fingerprint density at radius 1 is 1.25 bits per heavy atom. The average molecular weight is 328 g/mol. The van der Waals surface area contributed by atoms with Crippen molar-refractivity contribution < 1.29 is 4.79 Å². The van der Waals surface area contributed by atoms with Crippen LogP contribution in [0.15, 0.2) is 29.1 Å². The van der Waals surface area contributed by atoms with E-state index in [2.05, 4.69) is 15.6 Å². The van der Waals surface area contributed by atoms with Crippen molar-refractivity contribution in [2.45, 2.75) is 51.5 Å². The molecule has 3 rings (SSSR count). The van der Waals surface area contributed by atoms with Crippen LogP contribution in [-0.2, 0) is 11.3 Å². The van der Waals surface area contributed by atoms with Gasteiger partial charge < -0.3 is 5.32 Å². The van der Waals surface area contributed by atoms with E-state index in [1.54, 1.807) is 18.2 Å². The van der Waals surface area contributed by atoms with Crippen LogP contribution in [0.4, 0.5) is 0 Å². The fraction of sp³-hybridized carbons (Fsp3) is 0.556. The molecule has 1 fully saturated rings. The first-order chi connectivity index (χ1) is 11.7. The van der Waals surface area contributed by atoms with E-state index in [4.69, 9.17) is 0 Å². The van der Waals surface area contributed by atoms with Gasteiger partial charge in [0.05, 0.1) is 11.9 Å². The number of rotatable bonds is 7. The highest BCUT2D eigenvalue weighted by molar-refractivity contribution is 5.77. The Labute approximate surface area is 141 Å². The van der Waals surface area contributed by atoms with Crippen molar-refractivity contribution in [3.8, 4) is 0 Å². The number of nitrogens with one attached hydrogen (secondary N) is 1. The fourth-order valence-corrected chi connectivity index (χ4v) is 3.38. The molecule has 24 heavy (non-hydrogen) atoms. The van der Waals surface area contributed by atoms with Gasteiger partial charge in [0.15, 0.2) is 0 Å². The van der Waals surface area contributed by atoms with Crippen LogP contribution in [0.25, 0.3) is 10.9 Å². The standard InChI is InChI=1S/C18H24N4O2/c23-17(19-12-5-8-14-6-1-2-7-14)11-13-22-18(24)15-9-3-4-10-16(15)20-21-22/h3-4,9-10,14H,1-2,5-8,11-13H2,(H,19,23). The van der Waals surface area contributed by atoms with Crippen LogP contribution < -0.4 is 10.9 Å². The molecule has 0 radical (unpaired) electrons. The molecule has 128 valence electrons. The van der Waals surface area contributed by atoms with Crippen molar-refractivity contribution in [2.75, 3.05) is 6.54 Å². The van der Waals surface area contributed by atoms with E-state index < -0.39 is 0 Å². The van der Waals surface area contributed by atoms with E-state index in [1.807, 2.05) is 6.07 Å². The number of carbonyl (C=O) groups is 1. The van der Waals surface area contributed by atoms with E-state index in [0.717, 1.165) is 12.3 Å². The zero-order valence-electron chi connectivity index (χ0n) is 13.9. The number of aryl methyl sites for hydroxylation is 1. The number of hydrogen-bond donors (Lipinski definition) is 1. The summed E-state index contributed by atoms with van der Waals surface area (Å²) in [5.41, 5.74) is 0.379. The maximum absolute atomic E-state index is 12.3. The maximum atomic E-state index is 12.3. The summed E-state index contributed by atoms with van der Waals surface area (Å²) < 4.78 is 1.26. The van der Waals surface area contributed by atoms with Crippen LogP contribution in [0, 0.1) is 5.92 Å². The molecule has 2 aromatic rings. The third kappa shape index (κ3) is 4.19. The van der Waals surface area contributed by atoms with E-state index >= 15 is 0 Å². The largest absolute Gasteiger partial charge is 0.356 e. The van der Waals surface area contributed by atoms with Gasteiger partial charge in [-0.25, -0.2) is 4.68 Å². The number of hydrogen-bond acceptors (Lipinski definition) is 4. The smallest absolute Gasteiger partial charge is 0.277 e. The van der Waals surface area contributed by atoms with Gasteiger partial charge in [-0.3, -0.25) is 9.59 Å². The molecule has 1 saturated carbocycles. The van der Waals surface area contributed by atoms with Crippen molar-refractivity contribution in [3.05, 3.63) is 34.6 Å². The number of fused-ring (bicyclic) bond motifs is 1. The summed E-state index contributed by atoms with van der Waals surface area (Å²) in [5, 5.41) is 11.4. The third-order valence-electron chi connectivity index (χ3n) is 4.77. The van der Waals surface area contributed by atoms with Crippen molar-refractivity contribution in [2.24, 2.45) is 5.92 Å². The molecule has 6 nitrogen and oxygen atoms in total. The molecule has 0 unspecified atom stereocenters. The Hall–Kier alpha value is -2.24. The van der Waals surface area contributed by atoms with Crippen LogP contribution in [0.3, 0.4) is 0 Å². The predicted molar refractivity (Wildman–Crippen MR) is 92.6 cm³/mol. The summed E-state index contributed by atoms with van der Waals surface area (Å²) in [7, 11) is 0. The number of carbonyl (C=O) groups excluding carboxylic acids is 1. The molecule has 1 aromatic heterocycles. The Kier molecular flexibility index (Phi) is 5.56. The molecule has 0 bridgehead atoms. The summed E-state index contributed by atoms with van der Waals surface area (Å²) in [6.07, 6.45) is 7.89. The van der Waals surface area contributed by atoms with Gasteiger partial charge in [0.1, 0.15) is 5.52 Å². The number of aromatic nitrogens is 3. The average Bonchev–Trinajstić information content (AvgIpc) is 3.12. The van der Waals surface area contributed by atoms with Crippen LogP contribution in [-0.4, -0.2) is 27.4 Å².